The van der Waals surface area contributed by atoms with Crippen LogP contribution in [0.2, 0.25) is 0 Å². The van der Waals surface area contributed by atoms with Crippen LogP contribution in [0.5, 0.6) is 11.5 Å². The van der Waals surface area contributed by atoms with Crippen LogP contribution >= 0.6 is 0 Å². The van der Waals surface area contributed by atoms with Crippen molar-refractivity contribution < 1.29 is 15.0 Å². The van der Waals surface area contributed by atoms with Crippen molar-refractivity contribution in [3.8, 4) is 17.6 Å². The Bertz CT molecular complexity index is 631. The molecule has 1 saturated carbocycles. The lowest BCUT2D eigenvalue weighted by Gasteiger charge is -2.29. The number of nitrogens with zero attached hydrogens (tertiary/aromatic N) is 1. The van der Waals surface area contributed by atoms with Crippen LogP contribution in [0, 0.1) is 17.2 Å². The number of benzene rings is 1. The van der Waals surface area contributed by atoms with E-state index in [4.69, 9.17) is 0 Å². The van der Waals surface area contributed by atoms with Gasteiger partial charge in [-0.3, -0.25) is 4.79 Å². The predicted octanol–water partition coefficient (Wildman–Crippen LogP) is 2.70. The minimum atomic E-state index is -0.395. The molecule has 1 aromatic carbocycles. The number of nitriles is 1. The average molecular weight is 300 g/mol. The van der Waals surface area contributed by atoms with Gasteiger partial charge >= 0.3 is 0 Å². The number of rotatable bonds is 3. The van der Waals surface area contributed by atoms with Crippen LogP contribution in [-0.4, -0.2) is 22.2 Å². The van der Waals surface area contributed by atoms with Crippen molar-refractivity contribution in [3.63, 3.8) is 0 Å². The maximum Gasteiger partial charge on any atom is 0.262 e. The first kappa shape index (κ1) is 15.9. The van der Waals surface area contributed by atoms with E-state index in [9.17, 15) is 20.3 Å². The summed E-state index contributed by atoms with van der Waals surface area (Å²) in [5.41, 5.74) is 0.474. The van der Waals surface area contributed by atoms with Gasteiger partial charge in [-0.1, -0.05) is 25.8 Å². The molecule has 22 heavy (non-hydrogen) atoms. The minimum absolute atomic E-state index is 0.0112. The molecular formula is C17H20N2O3. The molecule has 5 heteroatoms. The van der Waals surface area contributed by atoms with Gasteiger partial charge in [0.05, 0.1) is 0 Å². The predicted molar refractivity (Wildman–Crippen MR) is 82.9 cm³/mol. The number of carbonyl (C=O) groups excluding carboxylic acids is 1. The number of nitrogens with one attached hydrogen (secondary N) is 1. The van der Waals surface area contributed by atoms with Crippen LogP contribution in [0.1, 0.15) is 38.2 Å². The third-order valence-electron chi connectivity index (χ3n) is 4.10. The summed E-state index contributed by atoms with van der Waals surface area (Å²) in [4.78, 5) is 12.2. The van der Waals surface area contributed by atoms with Crippen molar-refractivity contribution in [1.82, 2.24) is 5.32 Å². The van der Waals surface area contributed by atoms with Crippen molar-refractivity contribution in [3.05, 3.63) is 29.3 Å². The number of amides is 1. The highest BCUT2D eigenvalue weighted by Gasteiger charge is 2.24. The van der Waals surface area contributed by atoms with Gasteiger partial charge in [-0.25, -0.2) is 0 Å². The zero-order valence-corrected chi connectivity index (χ0v) is 12.5. The zero-order chi connectivity index (χ0) is 16.1. The number of hydrogen-bond acceptors (Lipinski definition) is 4. The van der Waals surface area contributed by atoms with E-state index in [2.05, 4.69) is 12.2 Å². The molecule has 1 amide bonds. The molecular weight excluding hydrogens is 280 g/mol. The summed E-state index contributed by atoms with van der Waals surface area (Å²) in [6.07, 6.45) is 5.70. The fourth-order valence-electron chi connectivity index (χ4n) is 2.72. The largest absolute Gasteiger partial charge is 0.504 e. The molecule has 1 aromatic rings. The van der Waals surface area contributed by atoms with Crippen LogP contribution in [0.4, 0.5) is 0 Å². The van der Waals surface area contributed by atoms with Crippen LogP contribution in [0.3, 0.4) is 0 Å². The smallest absolute Gasteiger partial charge is 0.262 e. The highest BCUT2D eigenvalue weighted by molar-refractivity contribution is 6.01. The topological polar surface area (TPSA) is 93.4 Å². The Kier molecular flexibility index (Phi) is 5.05. The van der Waals surface area contributed by atoms with E-state index in [0.29, 0.717) is 11.5 Å². The first-order valence-corrected chi connectivity index (χ1v) is 7.46. The Morgan fingerprint density at radius 2 is 2.05 bits per heavy atom. The van der Waals surface area contributed by atoms with Crippen LogP contribution in [-0.2, 0) is 4.79 Å². The summed E-state index contributed by atoms with van der Waals surface area (Å²) in [5, 5.41) is 30.8. The van der Waals surface area contributed by atoms with Gasteiger partial charge < -0.3 is 15.5 Å². The molecule has 3 N–H and O–H groups in total. The normalized spacial score (nSPS) is 21.9. The summed E-state index contributed by atoms with van der Waals surface area (Å²) in [6, 6.07) is 6.15. The van der Waals surface area contributed by atoms with Gasteiger partial charge in [-0.2, -0.15) is 5.26 Å². The average Bonchev–Trinajstić information content (AvgIpc) is 2.50. The van der Waals surface area contributed by atoms with E-state index < -0.39 is 5.91 Å². The van der Waals surface area contributed by atoms with Crippen LogP contribution in [0.25, 0.3) is 6.08 Å². The Balaban J connectivity index is 2.13. The monoisotopic (exact) mass is 300 g/mol. The lowest BCUT2D eigenvalue weighted by Crippen LogP contribution is -2.41. The van der Waals surface area contributed by atoms with Gasteiger partial charge in [0.2, 0.25) is 0 Å². The van der Waals surface area contributed by atoms with E-state index in [1.54, 1.807) is 0 Å². The summed E-state index contributed by atoms with van der Waals surface area (Å²) < 4.78 is 0. The van der Waals surface area contributed by atoms with E-state index in [-0.39, 0.29) is 23.1 Å². The number of aromatic hydroxyl groups is 2. The summed E-state index contributed by atoms with van der Waals surface area (Å²) >= 11 is 0. The Morgan fingerprint density at radius 3 is 2.68 bits per heavy atom. The highest BCUT2D eigenvalue weighted by atomic mass is 16.3. The standard InChI is InChI=1S/C17H20N2O3/c1-11-4-2-3-5-14(11)19-17(22)13(10-18)8-12-6-7-15(20)16(21)9-12/h6-9,11,14,20-21H,2-5H2,1H3,(H,19,22)/b13-8+/t11-,14-/m1/s1. The number of phenols is 2. The molecule has 1 aliphatic carbocycles. The summed E-state index contributed by atoms with van der Waals surface area (Å²) in [7, 11) is 0. The molecule has 1 aliphatic rings. The fourth-order valence-corrected chi connectivity index (χ4v) is 2.72. The van der Waals surface area contributed by atoms with Gasteiger partial charge in [0.25, 0.3) is 5.91 Å². The van der Waals surface area contributed by atoms with Crippen LogP contribution in [0.15, 0.2) is 23.8 Å². The summed E-state index contributed by atoms with van der Waals surface area (Å²) in [5.74, 6) is -0.507. The SMILES string of the molecule is C[C@@H]1CCCC[C@H]1NC(=O)/C(C#N)=C/c1ccc(O)c(O)c1. The molecule has 0 heterocycles. The number of carbonyl (C=O) groups is 1. The molecule has 0 saturated heterocycles. The van der Waals surface area contributed by atoms with E-state index in [1.165, 1.54) is 30.7 Å². The van der Waals surface area contributed by atoms with Crippen molar-refractivity contribution >= 4 is 12.0 Å². The maximum atomic E-state index is 12.2. The Hall–Kier alpha value is -2.48. The van der Waals surface area contributed by atoms with Gasteiger partial charge in [0.1, 0.15) is 11.6 Å². The second-order valence-corrected chi connectivity index (χ2v) is 5.76. The highest BCUT2D eigenvalue weighted by Crippen LogP contribution is 2.26. The molecule has 0 aromatic heterocycles. The van der Waals surface area contributed by atoms with Gasteiger partial charge in [-0.15, -0.1) is 0 Å². The molecule has 2 rings (SSSR count). The van der Waals surface area contributed by atoms with E-state index >= 15 is 0 Å². The zero-order valence-electron chi connectivity index (χ0n) is 12.5. The summed E-state index contributed by atoms with van der Waals surface area (Å²) in [6.45, 7) is 2.11. The van der Waals surface area contributed by atoms with Crippen LogP contribution < -0.4 is 5.32 Å². The van der Waals surface area contributed by atoms with Crippen molar-refractivity contribution in [2.24, 2.45) is 5.92 Å². The van der Waals surface area contributed by atoms with Crippen molar-refractivity contribution in [2.75, 3.05) is 0 Å². The second-order valence-electron chi connectivity index (χ2n) is 5.76. The van der Waals surface area contributed by atoms with Gasteiger partial charge in [0, 0.05) is 6.04 Å². The fraction of sp³-hybridized carbons (Fsp3) is 0.412. The Morgan fingerprint density at radius 1 is 1.32 bits per heavy atom. The molecule has 2 atom stereocenters. The lowest BCUT2D eigenvalue weighted by atomic mass is 9.86. The quantitative estimate of drug-likeness (QED) is 0.454. The van der Waals surface area contributed by atoms with Gasteiger partial charge in [-0.05, 0) is 42.5 Å². The lowest BCUT2D eigenvalue weighted by molar-refractivity contribution is -0.118. The number of phenolic OH excluding ortho intramolecular Hbond substituents is 2. The first-order valence-electron chi connectivity index (χ1n) is 7.46. The number of hydrogen-bond donors (Lipinski definition) is 3. The molecule has 0 aliphatic heterocycles. The molecule has 0 spiro atoms. The third-order valence-corrected chi connectivity index (χ3v) is 4.10. The van der Waals surface area contributed by atoms with Gasteiger partial charge in [0.15, 0.2) is 11.5 Å². The molecule has 0 radical (unpaired) electrons. The maximum absolute atomic E-state index is 12.2. The second kappa shape index (κ2) is 6.99. The van der Waals surface area contributed by atoms with E-state index in [0.717, 1.165) is 19.3 Å². The molecule has 0 bridgehead atoms. The van der Waals surface area contributed by atoms with Crippen molar-refractivity contribution in [1.29, 1.82) is 5.26 Å². The minimum Gasteiger partial charge on any atom is -0.504 e. The van der Waals surface area contributed by atoms with Crippen molar-refractivity contribution in [2.45, 2.75) is 38.6 Å². The molecule has 5 nitrogen and oxygen atoms in total. The van der Waals surface area contributed by atoms with E-state index in [1.807, 2.05) is 6.07 Å². The third kappa shape index (κ3) is 3.79. The first-order chi connectivity index (χ1) is 10.5. The molecule has 116 valence electrons. The molecule has 0 unspecified atom stereocenters. The Labute approximate surface area is 129 Å². The molecule has 1 fully saturated rings.